The number of rotatable bonds is 5. The molecular weight excluding hydrogens is 260 g/mol. The molecule has 0 aliphatic carbocycles. The summed E-state index contributed by atoms with van der Waals surface area (Å²) < 4.78 is 0. The second-order valence-electron chi connectivity index (χ2n) is 5.17. The minimum Gasteiger partial charge on any atom is -0.477 e. The quantitative estimate of drug-likeness (QED) is 0.661. The van der Waals surface area contributed by atoms with E-state index in [1.807, 2.05) is 0 Å². The molecular formula is C14H18N2O4. The number of carboxylic acids is 1. The Kier molecular flexibility index (Phi) is 4.34. The molecule has 1 heterocycles. The first-order valence-corrected chi connectivity index (χ1v) is 6.74. The first kappa shape index (κ1) is 14.5. The predicted octanol–water partition coefficient (Wildman–Crippen LogP) is 2.52. The number of hydrogen-bond donors (Lipinski definition) is 1. The normalized spacial score (nSPS) is 19.1. The molecule has 0 amide bonds. The molecule has 0 bridgehead atoms. The van der Waals surface area contributed by atoms with Gasteiger partial charge in [-0.2, -0.15) is 0 Å². The molecule has 1 N–H and O–H groups in total. The molecule has 108 valence electrons. The van der Waals surface area contributed by atoms with Crippen LogP contribution in [0.3, 0.4) is 0 Å². The zero-order valence-corrected chi connectivity index (χ0v) is 11.4. The molecule has 6 heteroatoms. The van der Waals surface area contributed by atoms with Crippen LogP contribution in [0.1, 0.15) is 35.7 Å². The topological polar surface area (TPSA) is 83.7 Å². The summed E-state index contributed by atoms with van der Waals surface area (Å²) in [6.07, 6.45) is 2.21. The lowest BCUT2D eigenvalue weighted by Gasteiger charge is -2.17. The summed E-state index contributed by atoms with van der Waals surface area (Å²) in [5.74, 6) is -0.597. The Hall–Kier alpha value is -1.95. The van der Waals surface area contributed by atoms with Gasteiger partial charge in [-0.25, -0.2) is 4.79 Å². The molecule has 0 saturated carbocycles. The molecule has 0 radical (unpaired) electrons. The Labute approximate surface area is 117 Å². The summed E-state index contributed by atoms with van der Waals surface area (Å²) in [6, 6.07) is 4.45. The predicted molar refractivity (Wildman–Crippen MR) is 73.7 cm³/mol. The van der Waals surface area contributed by atoms with Gasteiger partial charge < -0.3 is 5.11 Å². The molecule has 6 nitrogen and oxygen atoms in total. The fourth-order valence-electron chi connectivity index (χ4n) is 2.75. The van der Waals surface area contributed by atoms with Gasteiger partial charge in [-0.15, -0.1) is 0 Å². The van der Waals surface area contributed by atoms with Crippen molar-refractivity contribution in [3.63, 3.8) is 0 Å². The largest absolute Gasteiger partial charge is 0.477 e. The third-order valence-corrected chi connectivity index (χ3v) is 3.88. The Balaban J connectivity index is 2.25. The lowest BCUT2D eigenvalue weighted by Crippen LogP contribution is -2.22. The minimum absolute atomic E-state index is 0.183. The summed E-state index contributed by atoms with van der Waals surface area (Å²) in [5, 5.41) is 20.2. The SMILES string of the molecule is CCC1CCN(Cc2cccc([N+](=O)[O-])c2C(=O)O)C1. The zero-order chi connectivity index (χ0) is 14.7. The van der Waals surface area contributed by atoms with E-state index < -0.39 is 10.9 Å². The van der Waals surface area contributed by atoms with Gasteiger partial charge in [-0.1, -0.05) is 25.5 Å². The van der Waals surface area contributed by atoms with Gasteiger partial charge in [-0.3, -0.25) is 15.0 Å². The van der Waals surface area contributed by atoms with Gasteiger partial charge in [0.1, 0.15) is 5.56 Å². The maximum atomic E-state index is 11.3. The molecule has 0 aromatic heterocycles. The number of hydrogen-bond acceptors (Lipinski definition) is 4. The van der Waals surface area contributed by atoms with Crippen LogP contribution in [0, 0.1) is 16.0 Å². The summed E-state index contributed by atoms with van der Waals surface area (Å²) in [7, 11) is 0. The number of nitro groups is 1. The smallest absolute Gasteiger partial charge is 0.343 e. The van der Waals surface area contributed by atoms with Gasteiger partial charge in [0.15, 0.2) is 0 Å². The number of nitro benzene ring substituents is 1. The molecule has 2 rings (SSSR count). The van der Waals surface area contributed by atoms with Crippen LogP contribution in [0.4, 0.5) is 5.69 Å². The molecule has 1 unspecified atom stereocenters. The number of aromatic carboxylic acids is 1. The van der Waals surface area contributed by atoms with Gasteiger partial charge in [0.05, 0.1) is 4.92 Å². The van der Waals surface area contributed by atoms with Crippen LogP contribution in [0.15, 0.2) is 18.2 Å². The van der Waals surface area contributed by atoms with Crippen LogP contribution in [0.25, 0.3) is 0 Å². The van der Waals surface area contributed by atoms with E-state index in [-0.39, 0.29) is 11.3 Å². The second kappa shape index (κ2) is 6.00. The van der Waals surface area contributed by atoms with Crippen molar-refractivity contribution in [2.45, 2.75) is 26.3 Å². The van der Waals surface area contributed by atoms with Crippen LogP contribution >= 0.6 is 0 Å². The van der Waals surface area contributed by atoms with E-state index in [9.17, 15) is 20.0 Å². The van der Waals surface area contributed by atoms with E-state index in [0.29, 0.717) is 18.0 Å². The van der Waals surface area contributed by atoms with Crippen molar-refractivity contribution in [3.05, 3.63) is 39.4 Å². The standard InChI is InChI=1S/C14H18N2O4/c1-2-10-6-7-15(8-10)9-11-4-3-5-12(16(19)20)13(11)14(17)18/h3-5,10H,2,6-9H2,1H3,(H,17,18). The van der Waals surface area contributed by atoms with E-state index >= 15 is 0 Å². The van der Waals surface area contributed by atoms with E-state index in [2.05, 4.69) is 11.8 Å². The number of likely N-dealkylation sites (tertiary alicyclic amines) is 1. The van der Waals surface area contributed by atoms with Crippen molar-refractivity contribution < 1.29 is 14.8 Å². The van der Waals surface area contributed by atoms with Gasteiger partial charge in [0.2, 0.25) is 0 Å². The van der Waals surface area contributed by atoms with Crippen LogP contribution in [-0.2, 0) is 6.54 Å². The van der Waals surface area contributed by atoms with Gasteiger partial charge in [0, 0.05) is 19.2 Å². The first-order valence-electron chi connectivity index (χ1n) is 6.74. The Morgan fingerprint density at radius 1 is 1.55 bits per heavy atom. The van der Waals surface area contributed by atoms with E-state index in [4.69, 9.17) is 0 Å². The summed E-state index contributed by atoms with van der Waals surface area (Å²) in [6.45, 7) is 4.45. The zero-order valence-electron chi connectivity index (χ0n) is 11.4. The highest BCUT2D eigenvalue weighted by Gasteiger charge is 2.26. The average Bonchev–Trinajstić information content (AvgIpc) is 2.85. The third-order valence-electron chi connectivity index (χ3n) is 3.88. The Morgan fingerprint density at radius 2 is 2.30 bits per heavy atom. The minimum atomic E-state index is -1.24. The van der Waals surface area contributed by atoms with E-state index in [1.54, 1.807) is 12.1 Å². The van der Waals surface area contributed by atoms with Gasteiger partial charge in [0.25, 0.3) is 5.69 Å². The maximum absolute atomic E-state index is 11.3. The fraction of sp³-hybridized carbons (Fsp3) is 0.500. The lowest BCUT2D eigenvalue weighted by molar-refractivity contribution is -0.385. The van der Waals surface area contributed by atoms with Crippen molar-refractivity contribution in [1.82, 2.24) is 4.90 Å². The van der Waals surface area contributed by atoms with Crippen molar-refractivity contribution in [2.75, 3.05) is 13.1 Å². The highest BCUT2D eigenvalue weighted by Crippen LogP contribution is 2.26. The summed E-state index contributed by atoms with van der Waals surface area (Å²) in [5.41, 5.74) is 0.00198. The highest BCUT2D eigenvalue weighted by molar-refractivity contribution is 5.94. The van der Waals surface area contributed by atoms with Crippen LogP contribution in [-0.4, -0.2) is 34.0 Å². The van der Waals surface area contributed by atoms with Crippen LogP contribution < -0.4 is 0 Å². The van der Waals surface area contributed by atoms with Crippen molar-refractivity contribution >= 4 is 11.7 Å². The maximum Gasteiger partial charge on any atom is 0.343 e. The number of benzene rings is 1. The second-order valence-corrected chi connectivity index (χ2v) is 5.17. The van der Waals surface area contributed by atoms with Crippen LogP contribution in [0.2, 0.25) is 0 Å². The molecule has 1 atom stereocenters. The monoisotopic (exact) mass is 278 g/mol. The summed E-state index contributed by atoms with van der Waals surface area (Å²) in [4.78, 5) is 23.8. The number of carboxylic acid groups (broad SMARTS) is 1. The lowest BCUT2D eigenvalue weighted by atomic mass is 10.0. The molecule has 1 saturated heterocycles. The molecule has 1 aliphatic heterocycles. The first-order chi connectivity index (χ1) is 9.52. The van der Waals surface area contributed by atoms with Crippen molar-refractivity contribution in [2.24, 2.45) is 5.92 Å². The molecule has 1 fully saturated rings. The molecule has 1 aromatic rings. The number of nitrogens with zero attached hydrogens (tertiary/aromatic N) is 2. The molecule has 0 spiro atoms. The highest BCUT2D eigenvalue weighted by atomic mass is 16.6. The van der Waals surface area contributed by atoms with E-state index in [1.165, 1.54) is 6.07 Å². The third kappa shape index (κ3) is 2.96. The summed E-state index contributed by atoms with van der Waals surface area (Å²) >= 11 is 0. The average molecular weight is 278 g/mol. The fourth-order valence-corrected chi connectivity index (χ4v) is 2.75. The van der Waals surface area contributed by atoms with Crippen molar-refractivity contribution in [1.29, 1.82) is 0 Å². The van der Waals surface area contributed by atoms with Crippen LogP contribution in [0.5, 0.6) is 0 Å². The molecule has 1 aromatic carbocycles. The molecule has 1 aliphatic rings. The Morgan fingerprint density at radius 3 is 2.85 bits per heavy atom. The van der Waals surface area contributed by atoms with Crippen molar-refractivity contribution in [3.8, 4) is 0 Å². The molecule has 20 heavy (non-hydrogen) atoms. The number of carbonyl (C=O) groups is 1. The van der Waals surface area contributed by atoms with E-state index in [0.717, 1.165) is 25.9 Å². The van der Waals surface area contributed by atoms with Gasteiger partial charge >= 0.3 is 5.97 Å². The Bertz CT molecular complexity index is 530. The van der Waals surface area contributed by atoms with Gasteiger partial charge in [-0.05, 0) is 24.4 Å².